The zero-order valence-corrected chi connectivity index (χ0v) is 16.9. The van der Waals surface area contributed by atoms with E-state index in [1.165, 1.54) is 14.1 Å². The number of nitrogens with two attached hydrogens (primary N) is 1. The van der Waals surface area contributed by atoms with Crippen LogP contribution < -0.4 is 21.9 Å². The van der Waals surface area contributed by atoms with E-state index in [2.05, 4.69) is 4.90 Å². The number of halogens is 1. The Morgan fingerprint density at radius 1 is 1.11 bits per heavy atom. The van der Waals surface area contributed by atoms with Crippen LogP contribution >= 0.6 is 11.6 Å². The number of piperazine rings is 1. The standard InChI is InChI=1S/C19H24ClN5O3/c1-12(16(26)15-17(21)22(2)19(28)23(3)18(15)27)24-7-9-25(10-8-24)14-6-4-5-13(20)11-14/h4-6,11-12H,7-10,21H2,1-3H3. The fourth-order valence-corrected chi connectivity index (χ4v) is 3.69. The molecular formula is C19H24ClN5O3. The lowest BCUT2D eigenvalue weighted by Gasteiger charge is -2.38. The average molecular weight is 406 g/mol. The number of aromatic nitrogens is 2. The first-order valence-electron chi connectivity index (χ1n) is 9.06. The highest BCUT2D eigenvalue weighted by molar-refractivity contribution is 6.30. The predicted octanol–water partition coefficient (Wildman–Crippen LogP) is 0.713. The molecule has 1 aromatic carbocycles. The Labute approximate surface area is 167 Å². The quantitative estimate of drug-likeness (QED) is 0.753. The van der Waals surface area contributed by atoms with Crippen LogP contribution in [-0.2, 0) is 14.1 Å². The van der Waals surface area contributed by atoms with Crippen LogP contribution in [0.2, 0.25) is 5.02 Å². The van der Waals surface area contributed by atoms with Gasteiger partial charge in [0.25, 0.3) is 5.56 Å². The zero-order chi connectivity index (χ0) is 20.6. The van der Waals surface area contributed by atoms with Crippen molar-refractivity contribution in [2.24, 2.45) is 14.1 Å². The van der Waals surface area contributed by atoms with Crippen molar-refractivity contribution in [3.05, 3.63) is 55.7 Å². The van der Waals surface area contributed by atoms with Gasteiger partial charge < -0.3 is 10.6 Å². The van der Waals surface area contributed by atoms with Crippen LogP contribution in [0.4, 0.5) is 11.5 Å². The van der Waals surface area contributed by atoms with Gasteiger partial charge in [-0.1, -0.05) is 17.7 Å². The minimum Gasteiger partial charge on any atom is -0.384 e. The van der Waals surface area contributed by atoms with Gasteiger partial charge in [-0.15, -0.1) is 0 Å². The number of rotatable bonds is 4. The third-order valence-corrected chi connectivity index (χ3v) is 5.61. The molecule has 28 heavy (non-hydrogen) atoms. The molecule has 1 saturated heterocycles. The first-order valence-corrected chi connectivity index (χ1v) is 9.44. The van der Waals surface area contributed by atoms with E-state index in [9.17, 15) is 14.4 Å². The molecule has 1 aromatic heterocycles. The van der Waals surface area contributed by atoms with Gasteiger partial charge in [0.05, 0.1) is 6.04 Å². The van der Waals surface area contributed by atoms with Gasteiger partial charge in [-0.05, 0) is 25.1 Å². The van der Waals surface area contributed by atoms with Gasteiger partial charge in [0.15, 0.2) is 5.78 Å². The Kier molecular flexibility index (Phi) is 5.62. The minimum absolute atomic E-state index is 0.0949. The Morgan fingerprint density at radius 3 is 2.36 bits per heavy atom. The van der Waals surface area contributed by atoms with E-state index in [1.54, 1.807) is 6.92 Å². The number of carbonyl (C=O) groups excluding carboxylic acids is 1. The van der Waals surface area contributed by atoms with Gasteiger partial charge >= 0.3 is 5.69 Å². The lowest BCUT2D eigenvalue weighted by Crippen LogP contribution is -2.53. The Hall–Kier alpha value is -2.58. The average Bonchev–Trinajstić information content (AvgIpc) is 2.70. The number of anilines is 2. The SMILES string of the molecule is CC(C(=O)c1c(N)n(C)c(=O)n(C)c1=O)N1CCN(c2cccc(Cl)c2)CC1. The van der Waals surface area contributed by atoms with Crippen LogP contribution in [0.3, 0.4) is 0 Å². The van der Waals surface area contributed by atoms with Crippen molar-refractivity contribution in [2.45, 2.75) is 13.0 Å². The molecule has 9 heteroatoms. The fraction of sp³-hybridized carbons (Fsp3) is 0.421. The number of Topliss-reactive ketones (excluding diaryl/α,β-unsaturated/α-hetero) is 1. The highest BCUT2D eigenvalue weighted by Gasteiger charge is 2.30. The molecule has 0 bridgehead atoms. The van der Waals surface area contributed by atoms with Crippen LogP contribution in [0.25, 0.3) is 0 Å². The molecule has 2 heterocycles. The summed E-state index contributed by atoms with van der Waals surface area (Å²) < 4.78 is 2.03. The van der Waals surface area contributed by atoms with Crippen molar-refractivity contribution in [2.75, 3.05) is 36.8 Å². The molecule has 8 nitrogen and oxygen atoms in total. The maximum atomic E-state index is 13.0. The minimum atomic E-state index is -0.657. The molecule has 1 unspecified atom stereocenters. The predicted molar refractivity (Wildman–Crippen MR) is 110 cm³/mol. The topological polar surface area (TPSA) is 93.6 Å². The third-order valence-electron chi connectivity index (χ3n) is 5.37. The summed E-state index contributed by atoms with van der Waals surface area (Å²) in [5, 5.41) is 0.685. The number of benzene rings is 1. The summed E-state index contributed by atoms with van der Waals surface area (Å²) in [7, 11) is 2.79. The molecule has 0 saturated carbocycles. The van der Waals surface area contributed by atoms with Crippen LogP contribution in [0.5, 0.6) is 0 Å². The maximum absolute atomic E-state index is 13.0. The van der Waals surface area contributed by atoms with Crippen molar-refractivity contribution >= 4 is 28.9 Å². The first-order chi connectivity index (χ1) is 13.2. The molecule has 0 aliphatic carbocycles. The van der Waals surface area contributed by atoms with E-state index in [1.807, 2.05) is 29.2 Å². The normalized spacial score (nSPS) is 16.2. The molecular weight excluding hydrogens is 382 g/mol. The van der Waals surface area contributed by atoms with Gasteiger partial charge in [0, 0.05) is 51.0 Å². The third kappa shape index (κ3) is 3.57. The second kappa shape index (κ2) is 7.81. The molecule has 1 fully saturated rings. The van der Waals surface area contributed by atoms with Crippen LogP contribution in [0.1, 0.15) is 17.3 Å². The van der Waals surface area contributed by atoms with Gasteiger partial charge in [0.2, 0.25) is 0 Å². The molecule has 1 aliphatic heterocycles. The second-order valence-corrected chi connectivity index (χ2v) is 7.45. The van der Waals surface area contributed by atoms with Crippen molar-refractivity contribution in [1.82, 2.24) is 14.0 Å². The Balaban J connectivity index is 1.77. The summed E-state index contributed by atoms with van der Waals surface area (Å²) in [5.41, 5.74) is 5.63. The van der Waals surface area contributed by atoms with Gasteiger partial charge in [0.1, 0.15) is 11.4 Å². The fourth-order valence-electron chi connectivity index (χ4n) is 3.51. The number of hydrogen-bond donors (Lipinski definition) is 1. The number of carbonyl (C=O) groups is 1. The molecule has 1 atom stereocenters. The molecule has 3 rings (SSSR count). The summed E-state index contributed by atoms with van der Waals surface area (Å²) in [4.78, 5) is 41.7. The summed E-state index contributed by atoms with van der Waals surface area (Å²) in [6.07, 6.45) is 0. The lowest BCUT2D eigenvalue weighted by atomic mass is 10.0. The lowest BCUT2D eigenvalue weighted by molar-refractivity contribution is 0.0828. The highest BCUT2D eigenvalue weighted by atomic mass is 35.5. The van der Waals surface area contributed by atoms with Crippen LogP contribution in [0, 0.1) is 0 Å². The van der Waals surface area contributed by atoms with E-state index in [4.69, 9.17) is 17.3 Å². The van der Waals surface area contributed by atoms with E-state index in [0.29, 0.717) is 18.1 Å². The molecule has 2 N–H and O–H groups in total. The molecule has 0 amide bonds. The van der Waals surface area contributed by atoms with Crippen LogP contribution in [0.15, 0.2) is 33.9 Å². The molecule has 0 radical (unpaired) electrons. The van der Waals surface area contributed by atoms with Crippen molar-refractivity contribution in [3.63, 3.8) is 0 Å². The van der Waals surface area contributed by atoms with Gasteiger partial charge in [-0.25, -0.2) is 4.79 Å². The summed E-state index contributed by atoms with van der Waals surface area (Å²) in [6.45, 7) is 4.55. The van der Waals surface area contributed by atoms with Gasteiger partial charge in [-0.2, -0.15) is 0 Å². The molecule has 0 spiro atoms. The number of ketones is 1. The Morgan fingerprint density at radius 2 is 1.75 bits per heavy atom. The van der Waals surface area contributed by atoms with Gasteiger partial charge in [-0.3, -0.25) is 23.6 Å². The van der Waals surface area contributed by atoms with E-state index >= 15 is 0 Å². The molecule has 2 aromatic rings. The van der Waals surface area contributed by atoms with Crippen molar-refractivity contribution < 1.29 is 4.79 Å². The number of nitrogens with zero attached hydrogens (tertiary/aromatic N) is 4. The number of hydrogen-bond acceptors (Lipinski definition) is 6. The second-order valence-electron chi connectivity index (χ2n) is 7.01. The number of nitrogen functional groups attached to an aromatic ring is 1. The zero-order valence-electron chi connectivity index (χ0n) is 16.2. The van der Waals surface area contributed by atoms with Crippen LogP contribution in [-0.4, -0.2) is 52.0 Å². The Bertz CT molecular complexity index is 1020. The molecule has 1 aliphatic rings. The smallest absolute Gasteiger partial charge is 0.332 e. The van der Waals surface area contributed by atoms with Crippen molar-refractivity contribution in [1.29, 1.82) is 0 Å². The molecule has 150 valence electrons. The van der Waals surface area contributed by atoms with E-state index < -0.39 is 17.3 Å². The summed E-state index contributed by atoms with van der Waals surface area (Å²) in [5.74, 6) is -0.465. The van der Waals surface area contributed by atoms with E-state index in [0.717, 1.165) is 27.9 Å². The summed E-state index contributed by atoms with van der Waals surface area (Å²) in [6, 6.07) is 7.15. The summed E-state index contributed by atoms with van der Waals surface area (Å²) >= 11 is 6.07. The van der Waals surface area contributed by atoms with E-state index in [-0.39, 0.29) is 17.2 Å². The van der Waals surface area contributed by atoms with Crippen molar-refractivity contribution in [3.8, 4) is 0 Å². The first kappa shape index (κ1) is 20.2. The monoisotopic (exact) mass is 405 g/mol. The largest absolute Gasteiger partial charge is 0.384 e. The highest BCUT2D eigenvalue weighted by Crippen LogP contribution is 2.22. The maximum Gasteiger partial charge on any atom is 0.332 e.